The molecule has 1 atom stereocenters. The summed E-state index contributed by atoms with van der Waals surface area (Å²) < 4.78 is 0. The minimum atomic E-state index is -0.765. The Morgan fingerprint density at radius 3 is 2.52 bits per heavy atom. The quantitative estimate of drug-likeness (QED) is 0.458. The molecule has 1 aromatic carbocycles. The first-order chi connectivity index (χ1) is 16.1. The van der Waals surface area contributed by atoms with Crippen molar-refractivity contribution in [2.24, 2.45) is 0 Å². The topological polar surface area (TPSA) is 62.3 Å². The maximum Gasteiger partial charge on any atom is 0.247 e. The standard InChI is InChI=1S/C26H28ClN3O2S/c27-23-11-5-4-7-20(23)18-30(24(31)17-22-10-6-16-33-22)25(19-12-14-28-15-13-19)26(32)29-21-8-2-1-3-9-21/h4-7,10-16,21,25H,1-3,8-9,17-18H2,(H,29,32). The second-order valence-electron chi connectivity index (χ2n) is 8.40. The first-order valence-electron chi connectivity index (χ1n) is 11.4. The molecule has 0 spiro atoms. The van der Waals surface area contributed by atoms with Gasteiger partial charge >= 0.3 is 0 Å². The molecule has 172 valence electrons. The van der Waals surface area contributed by atoms with Gasteiger partial charge in [0.1, 0.15) is 6.04 Å². The molecule has 1 fully saturated rings. The van der Waals surface area contributed by atoms with Crippen molar-refractivity contribution in [1.82, 2.24) is 15.2 Å². The van der Waals surface area contributed by atoms with E-state index in [1.54, 1.807) is 17.3 Å². The zero-order valence-electron chi connectivity index (χ0n) is 18.5. The molecule has 1 unspecified atom stereocenters. The number of nitrogens with one attached hydrogen (secondary N) is 1. The van der Waals surface area contributed by atoms with Gasteiger partial charge in [0.05, 0.1) is 6.42 Å². The van der Waals surface area contributed by atoms with Crippen LogP contribution in [-0.4, -0.2) is 27.7 Å². The number of benzene rings is 1. The summed E-state index contributed by atoms with van der Waals surface area (Å²) in [7, 11) is 0. The van der Waals surface area contributed by atoms with Gasteiger partial charge in [0.15, 0.2) is 0 Å². The molecular formula is C26H28ClN3O2S. The van der Waals surface area contributed by atoms with Crippen molar-refractivity contribution in [3.63, 3.8) is 0 Å². The van der Waals surface area contributed by atoms with E-state index in [2.05, 4.69) is 10.3 Å². The second-order valence-corrected chi connectivity index (χ2v) is 9.84. The van der Waals surface area contributed by atoms with Crippen molar-refractivity contribution >= 4 is 34.8 Å². The van der Waals surface area contributed by atoms with Gasteiger partial charge in [0, 0.05) is 34.9 Å². The van der Waals surface area contributed by atoms with Crippen molar-refractivity contribution in [2.45, 2.75) is 57.2 Å². The Balaban J connectivity index is 1.68. The van der Waals surface area contributed by atoms with E-state index in [0.29, 0.717) is 5.02 Å². The van der Waals surface area contributed by atoms with E-state index in [9.17, 15) is 9.59 Å². The molecule has 2 amide bonds. The van der Waals surface area contributed by atoms with Gasteiger partial charge in [-0.15, -0.1) is 11.3 Å². The Morgan fingerprint density at radius 2 is 1.82 bits per heavy atom. The summed E-state index contributed by atoms with van der Waals surface area (Å²) in [5, 5.41) is 5.76. The van der Waals surface area contributed by atoms with Crippen molar-refractivity contribution in [1.29, 1.82) is 0 Å². The summed E-state index contributed by atoms with van der Waals surface area (Å²) in [6, 6.07) is 14.3. The van der Waals surface area contributed by atoms with Gasteiger partial charge in [-0.2, -0.15) is 0 Å². The monoisotopic (exact) mass is 481 g/mol. The Morgan fingerprint density at radius 1 is 1.06 bits per heavy atom. The van der Waals surface area contributed by atoms with Crippen LogP contribution in [0.4, 0.5) is 0 Å². The minimum absolute atomic E-state index is 0.113. The van der Waals surface area contributed by atoms with Crippen LogP contribution in [0.25, 0.3) is 0 Å². The van der Waals surface area contributed by atoms with Crippen LogP contribution in [-0.2, 0) is 22.6 Å². The molecule has 1 N–H and O–H groups in total. The molecule has 7 heteroatoms. The van der Waals surface area contributed by atoms with E-state index >= 15 is 0 Å². The molecule has 0 bridgehead atoms. The summed E-state index contributed by atoms with van der Waals surface area (Å²) in [6.07, 6.45) is 8.95. The predicted molar refractivity (Wildman–Crippen MR) is 132 cm³/mol. The fraction of sp³-hybridized carbons (Fsp3) is 0.346. The third kappa shape index (κ3) is 6.21. The van der Waals surface area contributed by atoms with E-state index in [1.807, 2.05) is 53.9 Å². The minimum Gasteiger partial charge on any atom is -0.351 e. The maximum absolute atomic E-state index is 13.7. The van der Waals surface area contributed by atoms with Crippen LogP contribution < -0.4 is 5.32 Å². The zero-order valence-corrected chi connectivity index (χ0v) is 20.0. The molecule has 1 aliphatic carbocycles. The van der Waals surface area contributed by atoms with Crippen LogP contribution in [0.15, 0.2) is 66.3 Å². The first kappa shape index (κ1) is 23.5. The number of rotatable bonds is 8. The number of halogens is 1. The summed E-state index contributed by atoms with van der Waals surface area (Å²) in [5.74, 6) is -0.266. The van der Waals surface area contributed by atoms with Crippen molar-refractivity contribution in [3.05, 3.63) is 87.3 Å². The van der Waals surface area contributed by atoms with Crippen molar-refractivity contribution in [2.75, 3.05) is 0 Å². The van der Waals surface area contributed by atoms with Gasteiger partial charge in [-0.25, -0.2) is 0 Å². The summed E-state index contributed by atoms with van der Waals surface area (Å²) in [6.45, 7) is 0.245. The van der Waals surface area contributed by atoms with Gasteiger partial charge in [-0.3, -0.25) is 14.6 Å². The van der Waals surface area contributed by atoms with E-state index in [0.717, 1.165) is 41.7 Å². The molecular weight excluding hydrogens is 454 g/mol. The highest BCUT2D eigenvalue weighted by Gasteiger charge is 2.33. The lowest BCUT2D eigenvalue weighted by Crippen LogP contribution is -2.47. The highest BCUT2D eigenvalue weighted by molar-refractivity contribution is 7.10. The van der Waals surface area contributed by atoms with Gasteiger partial charge in [-0.1, -0.05) is 55.1 Å². The van der Waals surface area contributed by atoms with Crippen LogP contribution in [0.3, 0.4) is 0 Å². The number of hydrogen-bond acceptors (Lipinski definition) is 4. The molecule has 5 nitrogen and oxygen atoms in total. The van der Waals surface area contributed by atoms with Crippen LogP contribution in [0.5, 0.6) is 0 Å². The average molecular weight is 482 g/mol. The molecule has 0 aliphatic heterocycles. The van der Waals surface area contributed by atoms with Gasteiger partial charge < -0.3 is 10.2 Å². The Hall–Kier alpha value is -2.70. The smallest absolute Gasteiger partial charge is 0.247 e. The third-order valence-corrected chi connectivity index (χ3v) is 7.30. The van der Waals surface area contributed by atoms with E-state index in [4.69, 9.17) is 11.6 Å². The summed E-state index contributed by atoms with van der Waals surface area (Å²) >= 11 is 7.99. The Kier molecular flexibility index (Phi) is 8.13. The van der Waals surface area contributed by atoms with Gasteiger partial charge in [0.2, 0.25) is 11.8 Å². The van der Waals surface area contributed by atoms with Crippen molar-refractivity contribution in [3.8, 4) is 0 Å². The maximum atomic E-state index is 13.7. The van der Waals surface area contributed by atoms with Crippen LogP contribution >= 0.6 is 22.9 Å². The van der Waals surface area contributed by atoms with E-state index in [-0.39, 0.29) is 30.8 Å². The van der Waals surface area contributed by atoms with E-state index < -0.39 is 6.04 Å². The molecule has 3 aromatic rings. The van der Waals surface area contributed by atoms with Gasteiger partial charge in [-0.05, 0) is 53.6 Å². The molecule has 0 saturated heterocycles. The van der Waals surface area contributed by atoms with E-state index in [1.165, 1.54) is 17.8 Å². The number of pyridine rings is 1. The van der Waals surface area contributed by atoms with Crippen LogP contribution in [0.2, 0.25) is 5.02 Å². The molecule has 2 aromatic heterocycles. The lowest BCUT2D eigenvalue weighted by molar-refractivity contribution is -0.141. The lowest BCUT2D eigenvalue weighted by atomic mass is 9.94. The molecule has 33 heavy (non-hydrogen) atoms. The van der Waals surface area contributed by atoms with Gasteiger partial charge in [0.25, 0.3) is 0 Å². The highest BCUT2D eigenvalue weighted by atomic mass is 35.5. The number of carbonyl (C=O) groups is 2. The molecule has 4 rings (SSSR count). The number of thiophene rings is 1. The number of aromatic nitrogens is 1. The number of hydrogen-bond donors (Lipinski definition) is 1. The fourth-order valence-corrected chi connectivity index (χ4v) is 5.23. The normalized spacial score (nSPS) is 15.1. The summed E-state index contributed by atoms with van der Waals surface area (Å²) in [4.78, 5) is 34.0. The van der Waals surface area contributed by atoms with Crippen LogP contribution in [0.1, 0.15) is 54.1 Å². The lowest BCUT2D eigenvalue weighted by Gasteiger charge is -2.33. The molecule has 1 saturated carbocycles. The Bertz CT molecular complexity index is 1050. The fourth-order valence-electron chi connectivity index (χ4n) is 4.34. The second kappa shape index (κ2) is 11.4. The SMILES string of the molecule is O=C(NC1CCCCC1)C(c1ccncc1)N(Cc1ccccc1Cl)C(=O)Cc1cccs1. The zero-order chi connectivity index (χ0) is 23.0. The Labute approximate surface area is 203 Å². The molecule has 1 aliphatic rings. The summed E-state index contributed by atoms with van der Waals surface area (Å²) in [5.41, 5.74) is 1.55. The first-order valence-corrected chi connectivity index (χ1v) is 12.6. The van der Waals surface area contributed by atoms with Crippen molar-refractivity contribution < 1.29 is 9.59 Å². The third-order valence-electron chi connectivity index (χ3n) is 6.06. The largest absolute Gasteiger partial charge is 0.351 e. The number of amides is 2. The average Bonchev–Trinajstić information content (AvgIpc) is 3.34. The van der Waals surface area contributed by atoms with Crippen LogP contribution in [0, 0.1) is 0 Å². The number of carbonyl (C=O) groups excluding carboxylic acids is 2. The predicted octanol–water partition coefficient (Wildman–Crippen LogP) is 5.56. The number of nitrogens with zero attached hydrogens (tertiary/aromatic N) is 2. The molecule has 0 radical (unpaired) electrons. The highest BCUT2D eigenvalue weighted by Crippen LogP contribution is 2.28. The molecule has 2 heterocycles.